The number of anilines is 2. The number of nitrogens with two attached hydrogens (primary N) is 2. The molecule has 47 heavy (non-hydrogen) atoms. The highest BCUT2D eigenvalue weighted by Crippen LogP contribution is 2.34. The number of amides is 1. The second kappa shape index (κ2) is 14.9. The second-order valence-electron chi connectivity index (χ2n) is 10.6. The van der Waals surface area contributed by atoms with E-state index in [1.165, 1.54) is 12.3 Å². The molecule has 246 valence electrons. The first kappa shape index (κ1) is 34.0. The summed E-state index contributed by atoms with van der Waals surface area (Å²) in [5, 5.41) is 9.15. The van der Waals surface area contributed by atoms with Crippen LogP contribution in [-0.4, -0.2) is 33.5 Å². The van der Waals surface area contributed by atoms with Gasteiger partial charge in [-0.05, 0) is 43.2 Å². The van der Waals surface area contributed by atoms with Crippen LogP contribution in [0.2, 0.25) is 0 Å². The standard InChI is InChI=1S/C32H32F3N7O5/c1-19(2)40-29-30(44)42(26(16-39-29)23-12-24(32(33,34)35)14-25(36)13-23)17-27(43)38-15-20-8-10-22(11-9-20)28(37)41-47-31(45)46-18-21-6-4-3-5-7-21/h3-14,16,19H,15,17-18,36H2,1-2H3,(H2,37,41)(H,38,43)(H,39,40). The molecule has 0 atom stereocenters. The van der Waals surface area contributed by atoms with Gasteiger partial charge >= 0.3 is 12.3 Å². The van der Waals surface area contributed by atoms with Crippen molar-refractivity contribution in [3.63, 3.8) is 0 Å². The summed E-state index contributed by atoms with van der Waals surface area (Å²) in [6.07, 6.45) is -4.51. The maximum Gasteiger partial charge on any atom is 0.535 e. The molecule has 1 amide bonds. The van der Waals surface area contributed by atoms with Crippen molar-refractivity contribution in [3.05, 3.63) is 112 Å². The van der Waals surface area contributed by atoms with Crippen molar-refractivity contribution in [1.29, 1.82) is 0 Å². The molecule has 0 aliphatic heterocycles. The van der Waals surface area contributed by atoms with Gasteiger partial charge in [0, 0.05) is 29.4 Å². The van der Waals surface area contributed by atoms with Gasteiger partial charge in [-0.25, -0.2) is 9.78 Å². The summed E-state index contributed by atoms with van der Waals surface area (Å²) in [6.45, 7) is 3.08. The average molecular weight is 652 g/mol. The molecule has 6 N–H and O–H groups in total. The van der Waals surface area contributed by atoms with E-state index in [-0.39, 0.29) is 47.8 Å². The first-order chi connectivity index (χ1) is 22.3. The molecule has 12 nitrogen and oxygen atoms in total. The molecule has 0 saturated heterocycles. The predicted molar refractivity (Wildman–Crippen MR) is 169 cm³/mol. The lowest BCUT2D eigenvalue weighted by Crippen LogP contribution is -2.35. The molecule has 4 rings (SSSR count). The Balaban J connectivity index is 1.43. The van der Waals surface area contributed by atoms with Crippen LogP contribution in [0.25, 0.3) is 11.3 Å². The van der Waals surface area contributed by atoms with Crippen LogP contribution in [0.1, 0.15) is 36.1 Å². The second-order valence-corrected chi connectivity index (χ2v) is 10.6. The largest absolute Gasteiger partial charge is 0.535 e. The third-order valence-corrected chi connectivity index (χ3v) is 6.52. The number of hydrogen-bond donors (Lipinski definition) is 4. The Morgan fingerprint density at radius 2 is 1.72 bits per heavy atom. The monoisotopic (exact) mass is 651 g/mol. The first-order valence-corrected chi connectivity index (χ1v) is 14.2. The number of halogens is 3. The van der Waals surface area contributed by atoms with Crippen molar-refractivity contribution in [2.24, 2.45) is 10.9 Å². The molecule has 3 aromatic carbocycles. The van der Waals surface area contributed by atoms with Gasteiger partial charge in [0.05, 0.1) is 17.5 Å². The molecule has 0 aliphatic rings. The van der Waals surface area contributed by atoms with E-state index in [1.807, 2.05) is 6.07 Å². The molecular weight excluding hydrogens is 619 g/mol. The lowest BCUT2D eigenvalue weighted by Gasteiger charge is -2.17. The van der Waals surface area contributed by atoms with Gasteiger partial charge in [0.2, 0.25) is 5.91 Å². The Hall–Kier alpha value is -5.86. The minimum Gasteiger partial charge on any atom is -0.428 e. The number of nitrogens with one attached hydrogen (secondary N) is 2. The van der Waals surface area contributed by atoms with Gasteiger partial charge in [-0.2, -0.15) is 13.2 Å². The molecule has 0 spiro atoms. The number of oxime groups is 1. The number of carbonyl (C=O) groups is 2. The van der Waals surface area contributed by atoms with Crippen molar-refractivity contribution in [3.8, 4) is 11.3 Å². The molecule has 0 radical (unpaired) electrons. The summed E-state index contributed by atoms with van der Waals surface area (Å²) in [5.41, 5.74) is 11.5. The first-order valence-electron chi connectivity index (χ1n) is 14.2. The van der Waals surface area contributed by atoms with Gasteiger partial charge in [-0.15, -0.1) is 0 Å². The minimum atomic E-state index is -4.69. The highest BCUT2D eigenvalue weighted by Gasteiger charge is 2.31. The Labute approximate surface area is 267 Å². The quantitative estimate of drug-likeness (QED) is 0.0450. The van der Waals surface area contributed by atoms with Crippen LogP contribution in [0.5, 0.6) is 0 Å². The number of aromatic nitrogens is 2. The number of benzene rings is 3. The lowest BCUT2D eigenvalue weighted by atomic mass is 10.1. The summed E-state index contributed by atoms with van der Waals surface area (Å²) in [5.74, 6) is -0.759. The molecule has 0 saturated carbocycles. The predicted octanol–water partition coefficient (Wildman–Crippen LogP) is 4.62. The smallest absolute Gasteiger partial charge is 0.428 e. The highest BCUT2D eigenvalue weighted by atomic mass is 19.4. The van der Waals surface area contributed by atoms with Crippen LogP contribution < -0.4 is 27.7 Å². The topological polar surface area (TPSA) is 176 Å². The number of nitrogen functional groups attached to an aromatic ring is 1. The molecule has 4 aromatic rings. The minimum absolute atomic E-state index is 0.00248. The fourth-order valence-electron chi connectivity index (χ4n) is 4.29. The number of rotatable bonds is 11. The van der Waals surface area contributed by atoms with Gasteiger partial charge in [0.15, 0.2) is 11.7 Å². The van der Waals surface area contributed by atoms with E-state index in [1.54, 1.807) is 62.4 Å². The number of hydrogen-bond acceptors (Lipinski definition) is 9. The van der Waals surface area contributed by atoms with Crippen molar-refractivity contribution in [1.82, 2.24) is 14.9 Å². The summed E-state index contributed by atoms with van der Waals surface area (Å²) in [4.78, 5) is 46.9. The van der Waals surface area contributed by atoms with E-state index in [2.05, 4.69) is 20.8 Å². The Kier molecular flexibility index (Phi) is 10.8. The number of nitrogens with zero attached hydrogens (tertiary/aromatic N) is 3. The zero-order chi connectivity index (χ0) is 34.1. The van der Waals surface area contributed by atoms with Gasteiger partial charge in [0.1, 0.15) is 13.2 Å². The van der Waals surface area contributed by atoms with E-state index in [0.717, 1.165) is 22.3 Å². The Morgan fingerprint density at radius 3 is 2.38 bits per heavy atom. The van der Waals surface area contributed by atoms with Crippen LogP contribution >= 0.6 is 0 Å². The molecule has 1 aromatic heterocycles. The fraction of sp³-hybridized carbons (Fsp3) is 0.219. The van der Waals surface area contributed by atoms with E-state index < -0.39 is 35.9 Å². The van der Waals surface area contributed by atoms with E-state index in [0.29, 0.717) is 11.1 Å². The van der Waals surface area contributed by atoms with Crippen molar-refractivity contribution < 1.29 is 32.3 Å². The maximum atomic E-state index is 13.5. The van der Waals surface area contributed by atoms with Crippen LogP contribution in [0.3, 0.4) is 0 Å². The molecule has 0 unspecified atom stereocenters. The Bertz CT molecular complexity index is 1810. The number of amidine groups is 1. The van der Waals surface area contributed by atoms with E-state index in [9.17, 15) is 27.6 Å². The van der Waals surface area contributed by atoms with Gasteiger partial charge in [0.25, 0.3) is 5.56 Å². The number of alkyl halides is 3. The molecule has 1 heterocycles. The third-order valence-electron chi connectivity index (χ3n) is 6.52. The normalized spacial score (nSPS) is 11.7. The lowest BCUT2D eigenvalue weighted by molar-refractivity contribution is -0.137. The zero-order valence-corrected chi connectivity index (χ0v) is 25.4. The van der Waals surface area contributed by atoms with Gasteiger partial charge < -0.3 is 26.8 Å². The highest BCUT2D eigenvalue weighted by molar-refractivity contribution is 5.97. The van der Waals surface area contributed by atoms with Gasteiger partial charge in [-0.3, -0.25) is 19.0 Å². The van der Waals surface area contributed by atoms with E-state index >= 15 is 0 Å². The Morgan fingerprint density at radius 1 is 1.02 bits per heavy atom. The summed E-state index contributed by atoms with van der Waals surface area (Å²) in [7, 11) is 0. The fourth-order valence-corrected chi connectivity index (χ4v) is 4.29. The summed E-state index contributed by atoms with van der Waals surface area (Å²) in [6, 6.07) is 18.2. The van der Waals surface area contributed by atoms with Crippen molar-refractivity contribution in [2.75, 3.05) is 11.1 Å². The molecular formula is C32H32F3N7O5. The van der Waals surface area contributed by atoms with Crippen LogP contribution in [0, 0.1) is 0 Å². The number of carbonyl (C=O) groups excluding carboxylic acids is 2. The van der Waals surface area contributed by atoms with Crippen LogP contribution in [0.15, 0.2) is 88.9 Å². The zero-order valence-electron chi connectivity index (χ0n) is 25.4. The molecule has 0 aliphatic carbocycles. The van der Waals surface area contributed by atoms with Crippen molar-refractivity contribution >= 4 is 29.4 Å². The average Bonchev–Trinajstić information content (AvgIpc) is 3.03. The van der Waals surface area contributed by atoms with Crippen molar-refractivity contribution in [2.45, 2.75) is 45.8 Å². The molecule has 0 fully saturated rings. The number of ether oxygens (including phenoxy) is 1. The third kappa shape index (κ3) is 9.56. The van der Waals surface area contributed by atoms with E-state index in [4.69, 9.17) is 21.0 Å². The summed E-state index contributed by atoms with van der Waals surface area (Å²) >= 11 is 0. The molecule has 0 bridgehead atoms. The van der Waals surface area contributed by atoms with Crippen LogP contribution in [0.4, 0.5) is 29.5 Å². The SMILES string of the molecule is CC(C)Nc1ncc(-c2cc(N)cc(C(F)(F)F)c2)n(CC(=O)NCc2ccc(/C(N)=N\OC(=O)OCc3ccccc3)cc2)c1=O. The summed E-state index contributed by atoms with van der Waals surface area (Å²) < 4.78 is 46.5. The maximum absolute atomic E-state index is 13.5. The van der Waals surface area contributed by atoms with Crippen LogP contribution in [-0.2, 0) is 40.2 Å². The molecule has 15 heteroatoms. The van der Waals surface area contributed by atoms with Gasteiger partial charge in [-0.1, -0.05) is 59.8 Å².